The molecule has 0 bridgehead atoms. The minimum Gasteiger partial charge on any atom is -0.460 e. The van der Waals surface area contributed by atoms with Gasteiger partial charge in [-0.05, 0) is 41.8 Å². The Balaban J connectivity index is 1.50. The lowest BCUT2D eigenvalue weighted by Gasteiger charge is -2.09. The van der Waals surface area contributed by atoms with Gasteiger partial charge in [0.1, 0.15) is 18.8 Å². The number of carbonyl (C=O) groups is 4. The number of carbonyl (C=O) groups excluding carboxylic acids is 4. The molecule has 3 N–H and O–H groups in total. The standard InChI is InChI=1S/C26H26N4O7S/c1-18(31)27-14-13-19-7-10-22(11-8-19)38(35,36)30-25(33)21-9-12-23(28-15-21)26(34)29-16-24(32)37-17-20-5-3-2-4-6-20/h2-12,15H,13-14,16-17H2,1H3,(H,27,31)(H,29,34)(H,30,33). The Hall–Kier alpha value is -4.58. The number of amides is 3. The lowest BCUT2D eigenvalue weighted by molar-refractivity contribution is -0.143. The molecule has 2 aromatic carbocycles. The average molecular weight is 539 g/mol. The van der Waals surface area contributed by atoms with E-state index in [-0.39, 0.29) is 35.2 Å². The summed E-state index contributed by atoms with van der Waals surface area (Å²) in [5, 5.41) is 5.02. The van der Waals surface area contributed by atoms with Gasteiger partial charge in [-0.3, -0.25) is 24.2 Å². The first-order valence-electron chi connectivity index (χ1n) is 11.5. The number of esters is 1. The number of rotatable bonds is 11. The molecule has 0 aliphatic heterocycles. The van der Waals surface area contributed by atoms with E-state index < -0.39 is 27.8 Å². The highest BCUT2D eigenvalue weighted by Gasteiger charge is 2.19. The molecule has 3 aromatic rings. The number of nitrogens with zero attached hydrogens (tertiary/aromatic N) is 1. The Morgan fingerprint density at radius 2 is 1.55 bits per heavy atom. The molecule has 0 saturated carbocycles. The molecule has 0 atom stereocenters. The van der Waals surface area contributed by atoms with Crippen LogP contribution in [0.3, 0.4) is 0 Å². The first-order chi connectivity index (χ1) is 18.1. The minimum atomic E-state index is -4.16. The molecule has 3 amide bonds. The Morgan fingerprint density at radius 3 is 2.18 bits per heavy atom. The van der Waals surface area contributed by atoms with Crippen molar-refractivity contribution in [3.05, 3.63) is 95.3 Å². The normalized spacial score (nSPS) is 10.8. The van der Waals surface area contributed by atoms with Crippen LogP contribution in [0.25, 0.3) is 0 Å². The van der Waals surface area contributed by atoms with Crippen LogP contribution in [0.15, 0.2) is 77.8 Å². The Morgan fingerprint density at radius 1 is 0.842 bits per heavy atom. The van der Waals surface area contributed by atoms with Crippen molar-refractivity contribution >= 4 is 33.7 Å². The molecule has 0 aliphatic carbocycles. The largest absolute Gasteiger partial charge is 0.460 e. The molecule has 1 aromatic heterocycles. The predicted octanol–water partition coefficient (Wildman–Crippen LogP) is 1.35. The summed E-state index contributed by atoms with van der Waals surface area (Å²) >= 11 is 0. The molecule has 38 heavy (non-hydrogen) atoms. The molecule has 0 fully saturated rings. The number of hydrogen-bond acceptors (Lipinski definition) is 8. The van der Waals surface area contributed by atoms with Gasteiger partial charge in [-0.1, -0.05) is 42.5 Å². The fraction of sp³-hybridized carbons (Fsp3) is 0.192. The lowest BCUT2D eigenvalue weighted by Crippen LogP contribution is -2.32. The van der Waals surface area contributed by atoms with E-state index in [9.17, 15) is 27.6 Å². The van der Waals surface area contributed by atoms with Gasteiger partial charge in [0.25, 0.3) is 21.8 Å². The molecule has 3 rings (SSSR count). The van der Waals surface area contributed by atoms with Crippen molar-refractivity contribution in [2.75, 3.05) is 13.1 Å². The van der Waals surface area contributed by atoms with E-state index in [4.69, 9.17) is 4.74 Å². The number of benzene rings is 2. The average Bonchev–Trinajstić information content (AvgIpc) is 2.91. The van der Waals surface area contributed by atoms with Crippen LogP contribution in [0.5, 0.6) is 0 Å². The quantitative estimate of drug-likeness (QED) is 0.308. The van der Waals surface area contributed by atoms with Crippen LogP contribution in [0, 0.1) is 0 Å². The number of sulfonamides is 1. The number of ether oxygens (including phenoxy) is 1. The zero-order valence-corrected chi connectivity index (χ0v) is 21.3. The highest BCUT2D eigenvalue weighted by atomic mass is 32.2. The monoisotopic (exact) mass is 538 g/mol. The van der Waals surface area contributed by atoms with Crippen molar-refractivity contribution in [2.24, 2.45) is 0 Å². The summed E-state index contributed by atoms with van der Waals surface area (Å²) < 4.78 is 32.2. The maximum atomic E-state index is 12.6. The van der Waals surface area contributed by atoms with Gasteiger partial charge in [0.05, 0.1) is 10.5 Å². The Labute approximate surface area is 219 Å². The number of aromatic nitrogens is 1. The second-order valence-electron chi connectivity index (χ2n) is 8.07. The van der Waals surface area contributed by atoms with Crippen LogP contribution in [-0.4, -0.2) is 50.2 Å². The summed E-state index contributed by atoms with van der Waals surface area (Å²) in [5.74, 6) is -2.39. The van der Waals surface area contributed by atoms with E-state index >= 15 is 0 Å². The number of hydrogen-bond donors (Lipinski definition) is 3. The van der Waals surface area contributed by atoms with Crippen molar-refractivity contribution in [2.45, 2.75) is 24.8 Å². The van der Waals surface area contributed by atoms with E-state index in [1.807, 2.05) is 22.9 Å². The van der Waals surface area contributed by atoms with Crippen LogP contribution in [0.2, 0.25) is 0 Å². The maximum Gasteiger partial charge on any atom is 0.325 e. The summed E-state index contributed by atoms with van der Waals surface area (Å²) in [6.07, 6.45) is 1.57. The van der Waals surface area contributed by atoms with Gasteiger partial charge >= 0.3 is 5.97 Å². The summed E-state index contributed by atoms with van der Waals surface area (Å²) in [5.41, 5.74) is 1.46. The number of pyridine rings is 1. The maximum absolute atomic E-state index is 12.6. The molecule has 198 valence electrons. The third-order valence-electron chi connectivity index (χ3n) is 5.14. The van der Waals surface area contributed by atoms with Gasteiger partial charge in [-0.15, -0.1) is 0 Å². The predicted molar refractivity (Wildman–Crippen MR) is 136 cm³/mol. The van der Waals surface area contributed by atoms with E-state index in [1.54, 1.807) is 24.3 Å². The van der Waals surface area contributed by atoms with Crippen molar-refractivity contribution in [3.8, 4) is 0 Å². The van der Waals surface area contributed by atoms with Gasteiger partial charge in [0, 0.05) is 19.7 Å². The SMILES string of the molecule is CC(=O)NCCc1ccc(S(=O)(=O)NC(=O)c2ccc(C(=O)NCC(=O)OCc3ccccc3)nc2)cc1. The molecule has 11 nitrogen and oxygen atoms in total. The molecule has 0 aliphatic rings. The zero-order chi connectivity index (χ0) is 27.5. The minimum absolute atomic E-state index is 0.0727. The molecular weight excluding hydrogens is 512 g/mol. The third-order valence-corrected chi connectivity index (χ3v) is 6.49. The second-order valence-corrected chi connectivity index (χ2v) is 9.76. The van der Waals surface area contributed by atoms with Crippen molar-refractivity contribution in [3.63, 3.8) is 0 Å². The lowest BCUT2D eigenvalue weighted by atomic mass is 10.1. The van der Waals surface area contributed by atoms with Crippen LogP contribution in [0.4, 0.5) is 0 Å². The summed E-state index contributed by atoms with van der Waals surface area (Å²) in [6.45, 7) is 1.52. The van der Waals surface area contributed by atoms with E-state index in [0.717, 1.165) is 17.3 Å². The Kier molecular flexibility index (Phi) is 9.66. The van der Waals surface area contributed by atoms with E-state index in [1.165, 1.54) is 31.2 Å². The summed E-state index contributed by atoms with van der Waals surface area (Å²) in [6, 6.07) is 17.4. The first-order valence-corrected chi connectivity index (χ1v) is 13.0. The smallest absolute Gasteiger partial charge is 0.325 e. The zero-order valence-electron chi connectivity index (χ0n) is 20.5. The summed E-state index contributed by atoms with van der Waals surface area (Å²) in [7, 11) is -4.16. The fourth-order valence-corrected chi connectivity index (χ4v) is 4.13. The number of nitrogens with one attached hydrogen (secondary N) is 3. The van der Waals surface area contributed by atoms with Crippen molar-refractivity contribution < 1.29 is 32.3 Å². The summed E-state index contributed by atoms with van der Waals surface area (Å²) in [4.78, 5) is 51.3. The molecule has 0 unspecified atom stereocenters. The van der Waals surface area contributed by atoms with Crippen molar-refractivity contribution in [1.82, 2.24) is 20.3 Å². The fourth-order valence-electron chi connectivity index (χ4n) is 3.15. The third kappa shape index (κ3) is 8.52. The topological polar surface area (TPSA) is 161 Å². The highest BCUT2D eigenvalue weighted by molar-refractivity contribution is 7.90. The van der Waals surface area contributed by atoms with Gasteiger partial charge in [0.2, 0.25) is 5.91 Å². The van der Waals surface area contributed by atoms with E-state index in [2.05, 4.69) is 15.6 Å². The van der Waals surface area contributed by atoms with Crippen LogP contribution in [-0.2, 0) is 37.4 Å². The molecule has 1 heterocycles. The first kappa shape index (κ1) is 28.0. The van der Waals surface area contributed by atoms with Gasteiger partial charge in [-0.2, -0.15) is 0 Å². The molecule has 0 spiro atoms. The van der Waals surface area contributed by atoms with Gasteiger partial charge < -0.3 is 15.4 Å². The van der Waals surface area contributed by atoms with Gasteiger partial charge in [0.15, 0.2) is 0 Å². The van der Waals surface area contributed by atoms with Crippen molar-refractivity contribution in [1.29, 1.82) is 0 Å². The van der Waals surface area contributed by atoms with Crippen LogP contribution in [0.1, 0.15) is 38.9 Å². The van der Waals surface area contributed by atoms with Gasteiger partial charge in [-0.25, -0.2) is 13.1 Å². The highest BCUT2D eigenvalue weighted by Crippen LogP contribution is 2.12. The molecule has 0 radical (unpaired) electrons. The van der Waals surface area contributed by atoms with E-state index in [0.29, 0.717) is 13.0 Å². The Bertz CT molecular complexity index is 1390. The van der Waals surface area contributed by atoms with Crippen LogP contribution < -0.4 is 15.4 Å². The molecule has 12 heteroatoms. The second kappa shape index (κ2) is 13.1. The van der Waals surface area contributed by atoms with Crippen LogP contribution >= 0.6 is 0 Å². The molecular formula is C26H26N4O7S. The molecule has 0 saturated heterocycles.